The molecule has 5 aliphatic rings. The van der Waals surface area contributed by atoms with Crippen molar-refractivity contribution in [3.05, 3.63) is 64.7 Å². The molecule has 0 aliphatic carbocycles. The first-order valence-electron chi connectivity index (χ1n) is 15.2. The van der Waals surface area contributed by atoms with E-state index in [2.05, 4.69) is 16.0 Å². The van der Waals surface area contributed by atoms with Crippen molar-refractivity contribution in [3.63, 3.8) is 0 Å². The standard InChI is InChI=1S/C32H37N5O5S/c1-19-16-23(42-22-7-3-2-4-8-22)9-10-24(19)37-25-11-13-33-30-26(25)27(35-32(37)40)28(43-30)29(38)34-21-6-5-14-36(17-21)31(39)20-12-15-41-18-20/h2-4,7-10,16,20-21,25-26,30,33H,5-6,11-15,17-18H2,1H3,(H,34,38)(H,35,40)/t20-,21+,25?,26?,30?/m0/s1. The Morgan fingerprint density at radius 1 is 1.09 bits per heavy atom. The van der Waals surface area contributed by atoms with Crippen molar-refractivity contribution in [1.82, 2.24) is 20.9 Å². The Hall–Kier alpha value is -3.54. The summed E-state index contributed by atoms with van der Waals surface area (Å²) in [4.78, 5) is 44.6. The van der Waals surface area contributed by atoms with E-state index in [1.807, 2.05) is 65.3 Å². The van der Waals surface area contributed by atoms with Crippen LogP contribution in [0.25, 0.3) is 0 Å². The summed E-state index contributed by atoms with van der Waals surface area (Å²) in [5.74, 6) is 1.30. The molecule has 2 aromatic rings. The van der Waals surface area contributed by atoms with Gasteiger partial charge in [-0.1, -0.05) is 30.0 Å². The molecule has 4 saturated heterocycles. The molecule has 0 saturated carbocycles. The minimum Gasteiger partial charge on any atom is -0.457 e. The molecule has 7 rings (SSSR count). The van der Waals surface area contributed by atoms with Gasteiger partial charge in [0, 0.05) is 43.0 Å². The van der Waals surface area contributed by atoms with Gasteiger partial charge in [0.2, 0.25) is 5.91 Å². The first-order valence-corrected chi connectivity index (χ1v) is 16.1. The fourth-order valence-corrected chi connectivity index (χ4v) is 8.42. The lowest BCUT2D eigenvalue weighted by atomic mass is 9.86. The number of ether oxygens (including phenoxy) is 2. The number of anilines is 1. The van der Waals surface area contributed by atoms with E-state index >= 15 is 0 Å². The summed E-state index contributed by atoms with van der Waals surface area (Å²) in [7, 11) is 0. The van der Waals surface area contributed by atoms with Crippen LogP contribution in [0.4, 0.5) is 10.5 Å². The zero-order chi connectivity index (χ0) is 29.5. The number of benzene rings is 2. The minimum absolute atomic E-state index is 0.00890. The Morgan fingerprint density at radius 3 is 2.74 bits per heavy atom. The lowest BCUT2D eigenvalue weighted by Gasteiger charge is -2.46. The number of thioether (sulfide) groups is 1. The van der Waals surface area contributed by atoms with Crippen LogP contribution in [-0.2, 0) is 14.3 Å². The van der Waals surface area contributed by atoms with Crippen LogP contribution in [0.3, 0.4) is 0 Å². The number of aryl methyl sites for hydroxylation is 1. The lowest BCUT2D eigenvalue weighted by Crippen LogP contribution is -2.62. The molecule has 11 heteroatoms. The third kappa shape index (κ3) is 5.49. The highest BCUT2D eigenvalue weighted by Crippen LogP contribution is 2.48. The number of para-hydroxylation sites is 1. The number of amides is 4. The molecule has 3 unspecified atom stereocenters. The SMILES string of the molecule is Cc1cc(Oc2ccccc2)ccc1N1C(=O)NC2=C(C(=O)N[C@@H]3CCCN(C(=O)[C@H]4CCOC4)C3)SC3NCCC1C23. The number of likely N-dealkylation sites (tertiary alicyclic amines) is 1. The van der Waals surface area contributed by atoms with Crippen molar-refractivity contribution in [1.29, 1.82) is 0 Å². The lowest BCUT2D eigenvalue weighted by molar-refractivity contribution is -0.137. The highest BCUT2D eigenvalue weighted by Gasteiger charge is 2.52. The summed E-state index contributed by atoms with van der Waals surface area (Å²) in [5.41, 5.74) is 2.49. The second kappa shape index (κ2) is 11.9. The molecule has 0 bridgehead atoms. The Morgan fingerprint density at radius 2 is 1.95 bits per heavy atom. The number of piperidine rings is 2. The van der Waals surface area contributed by atoms with Crippen molar-refractivity contribution in [2.45, 2.75) is 50.1 Å². The summed E-state index contributed by atoms with van der Waals surface area (Å²) in [6, 6.07) is 15.0. The molecule has 226 valence electrons. The van der Waals surface area contributed by atoms with Crippen LogP contribution >= 0.6 is 11.8 Å². The molecule has 4 fully saturated rings. The Balaban J connectivity index is 1.07. The average molecular weight is 604 g/mol. The fraction of sp³-hybridized carbons (Fsp3) is 0.469. The number of nitrogens with one attached hydrogen (secondary N) is 3. The van der Waals surface area contributed by atoms with Crippen LogP contribution in [0.15, 0.2) is 59.1 Å². The van der Waals surface area contributed by atoms with Gasteiger partial charge in [-0.15, -0.1) is 0 Å². The van der Waals surface area contributed by atoms with Crippen molar-refractivity contribution < 1.29 is 23.9 Å². The van der Waals surface area contributed by atoms with Crippen molar-refractivity contribution in [2.24, 2.45) is 11.8 Å². The number of rotatable bonds is 6. The van der Waals surface area contributed by atoms with E-state index < -0.39 is 0 Å². The topological polar surface area (TPSA) is 112 Å². The molecular weight excluding hydrogens is 566 g/mol. The van der Waals surface area contributed by atoms with Gasteiger partial charge < -0.3 is 30.3 Å². The fourth-order valence-electron chi connectivity index (χ4n) is 7.02. The number of hydrogen-bond donors (Lipinski definition) is 3. The molecule has 5 heterocycles. The Bertz CT molecular complexity index is 1440. The van der Waals surface area contributed by atoms with Gasteiger partial charge in [0.25, 0.3) is 5.91 Å². The molecule has 5 atom stereocenters. The normalized spacial score (nSPS) is 28.4. The largest absolute Gasteiger partial charge is 0.457 e. The first kappa shape index (κ1) is 28.2. The number of carbonyl (C=O) groups is 3. The predicted octanol–water partition coefficient (Wildman–Crippen LogP) is 3.72. The maximum Gasteiger partial charge on any atom is 0.326 e. The van der Waals surface area contributed by atoms with E-state index in [0.29, 0.717) is 42.7 Å². The molecular formula is C32H37N5O5S. The summed E-state index contributed by atoms with van der Waals surface area (Å²) in [6.45, 7) is 5.08. The second-order valence-corrected chi connectivity index (χ2v) is 13.1. The summed E-state index contributed by atoms with van der Waals surface area (Å²) in [6.07, 6.45) is 3.21. The number of nitrogens with zero attached hydrogens (tertiary/aromatic N) is 2. The average Bonchev–Trinajstić information content (AvgIpc) is 3.68. The van der Waals surface area contributed by atoms with E-state index in [-0.39, 0.29) is 47.1 Å². The van der Waals surface area contributed by atoms with Gasteiger partial charge in [0.05, 0.1) is 28.8 Å². The Kier molecular flexibility index (Phi) is 7.79. The highest BCUT2D eigenvalue weighted by molar-refractivity contribution is 8.04. The van der Waals surface area contributed by atoms with Crippen molar-refractivity contribution in [3.8, 4) is 11.5 Å². The zero-order valence-electron chi connectivity index (χ0n) is 24.2. The van der Waals surface area contributed by atoms with Crippen LogP contribution in [0.1, 0.15) is 31.2 Å². The van der Waals surface area contributed by atoms with Gasteiger partial charge in [-0.2, -0.15) is 0 Å². The van der Waals surface area contributed by atoms with Gasteiger partial charge in [-0.3, -0.25) is 14.5 Å². The molecule has 3 N–H and O–H groups in total. The van der Waals surface area contributed by atoms with Crippen molar-refractivity contribution >= 4 is 35.3 Å². The molecule has 2 aromatic carbocycles. The third-order valence-corrected chi connectivity index (χ3v) is 10.5. The molecule has 10 nitrogen and oxygen atoms in total. The maximum absolute atomic E-state index is 13.7. The van der Waals surface area contributed by atoms with E-state index in [9.17, 15) is 14.4 Å². The molecule has 4 amide bonds. The van der Waals surface area contributed by atoms with E-state index in [4.69, 9.17) is 9.47 Å². The number of carbonyl (C=O) groups excluding carboxylic acids is 3. The second-order valence-electron chi connectivity index (χ2n) is 11.9. The predicted molar refractivity (Wildman–Crippen MR) is 164 cm³/mol. The van der Waals surface area contributed by atoms with Gasteiger partial charge >= 0.3 is 6.03 Å². The molecule has 0 spiro atoms. The first-order chi connectivity index (χ1) is 21.0. The third-order valence-electron chi connectivity index (χ3n) is 9.10. The monoisotopic (exact) mass is 603 g/mol. The molecule has 43 heavy (non-hydrogen) atoms. The Labute approximate surface area is 255 Å². The van der Waals surface area contributed by atoms with Gasteiger partial charge in [-0.05, 0) is 75.0 Å². The smallest absolute Gasteiger partial charge is 0.326 e. The summed E-state index contributed by atoms with van der Waals surface area (Å²) < 4.78 is 11.4. The van der Waals surface area contributed by atoms with E-state index in [1.165, 1.54) is 11.8 Å². The minimum atomic E-state index is -0.224. The van der Waals surface area contributed by atoms with Gasteiger partial charge in [0.1, 0.15) is 11.5 Å². The van der Waals surface area contributed by atoms with Crippen LogP contribution in [-0.4, -0.2) is 73.1 Å². The van der Waals surface area contributed by atoms with Gasteiger partial charge in [0.15, 0.2) is 0 Å². The van der Waals surface area contributed by atoms with Crippen molar-refractivity contribution in [2.75, 3.05) is 37.7 Å². The summed E-state index contributed by atoms with van der Waals surface area (Å²) >= 11 is 1.50. The van der Waals surface area contributed by atoms with E-state index in [0.717, 1.165) is 49.2 Å². The summed E-state index contributed by atoms with van der Waals surface area (Å²) in [5, 5.41) is 9.86. The molecule has 0 radical (unpaired) electrons. The van der Waals surface area contributed by atoms with Crippen LogP contribution in [0.5, 0.6) is 11.5 Å². The molecule has 0 aromatic heterocycles. The maximum atomic E-state index is 13.7. The zero-order valence-corrected chi connectivity index (χ0v) is 25.0. The van der Waals surface area contributed by atoms with Gasteiger partial charge in [-0.25, -0.2) is 4.79 Å². The highest BCUT2D eigenvalue weighted by atomic mass is 32.2. The number of hydrogen-bond acceptors (Lipinski definition) is 7. The van der Waals surface area contributed by atoms with E-state index in [1.54, 1.807) is 0 Å². The van der Waals surface area contributed by atoms with Crippen LogP contribution in [0, 0.1) is 18.8 Å². The van der Waals surface area contributed by atoms with Crippen LogP contribution in [0.2, 0.25) is 0 Å². The van der Waals surface area contributed by atoms with Crippen LogP contribution < -0.4 is 25.6 Å². The molecule has 5 aliphatic heterocycles. The number of urea groups is 1. The quantitative estimate of drug-likeness (QED) is 0.462.